The second-order valence-electron chi connectivity index (χ2n) is 5.15. The molecule has 0 saturated heterocycles. The molecule has 0 aliphatic rings. The second-order valence-corrected chi connectivity index (χ2v) is 6.76. The molecule has 9 heteroatoms. The lowest BCUT2D eigenvalue weighted by molar-refractivity contribution is 0.460. The van der Waals surface area contributed by atoms with E-state index in [1.165, 1.54) is 0 Å². The lowest BCUT2D eigenvalue weighted by atomic mass is 10.2. The van der Waals surface area contributed by atoms with Gasteiger partial charge in [-0.15, -0.1) is 0 Å². The average Bonchev–Trinajstić information content (AvgIpc) is 2.47. The fraction of sp³-hybridized carbons (Fsp3) is 0.286. The zero-order valence-electron chi connectivity index (χ0n) is 12.9. The average molecular weight is 337 g/mol. The molecule has 0 aliphatic carbocycles. The molecule has 0 atom stereocenters. The van der Waals surface area contributed by atoms with E-state index in [9.17, 15) is 8.42 Å². The molecule has 0 fully saturated rings. The molecule has 4 N–H and O–H groups in total. The Morgan fingerprint density at radius 1 is 1.17 bits per heavy atom. The quantitative estimate of drug-likeness (QED) is 0.790. The monoisotopic (exact) mass is 337 g/mol. The van der Waals surface area contributed by atoms with E-state index in [4.69, 9.17) is 15.6 Å². The van der Waals surface area contributed by atoms with E-state index in [-0.39, 0.29) is 12.3 Å². The Balaban J connectivity index is 2.20. The maximum absolute atomic E-state index is 11.1. The molecule has 0 radical (unpaired) electrons. The van der Waals surface area contributed by atoms with E-state index < -0.39 is 10.0 Å². The highest BCUT2D eigenvalue weighted by Crippen LogP contribution is 2.22. The summed E-state index contributed by atoms with van der Waals surface area (Å²) in [6.45, 7) is 0.271. The Morgan fingerprint density at radius 3 is 2.35 bits per heavy atom. The molecule has 0 amide bonds. The van der Waals surface area contributed by atoms with Crippen molar-refractivity contribution in [2.45, 2.75) is 12.3 Å². The minimum absolute atomic E-state index is 0.219. The van der Waals surface area contributed by atoms with Crippen LogP contribution in [0.15, 0.2) is 30.3 Å². The lowest BCUT2D eigenvalue weighted by Crippen LogP contribution is -2.15. The first-order valence-electron chi connectivity index (χ1n) is 6.79. The van der Waals surface area contributed by atoms with Crippen molar-refractivity contribution >= 4 is 16.0 Å². The summed E-state index contributed by atoms with van der Waals surface area (Å²) in [6.07, 6.45) is 0. The SMILES string of the molecule is CN(C)c1nc(CN)cc(Oc2ccc(CS(N)(=O)=O)cc2)n1. The first-order valence-corrected chi connectivity index (χ1v) is 8.51. The molecule has 0 unspecified atom stereocenters. The van der Waals surface area contributed by atoms with Crippen molar-refractivity contribution in [2.24, 2.45) is 10.9 Å². The van der Waals surface area contributed by atoms with E-state index in [1.807, 2.05) is 14.1 Å². The third-order valence-electron chi connectivity index (χ3n) is 2.87. The Kier molecular flexibility index (Phi) is 5.14. The van der Waals surface area contributed by atoms with Gasteiger partial charge in [0.25, 0.3) is 0 Å². The highest BCUT2D eigenvalue weighted by atomic mass is 32.2. The first-order chi connectivity index (χ1) is 10.8. The van der Waals surface area contributed by atoms with E-state index in [1.54, 1.807) is 35.2 Å². The Hall–Kier alpha value is -2.23. The van der Waals surface area contributed by atoms with Crippen LogP contribution >= 0.6 is 0 Å². The molecule has 124 valence electrons. The summed E-state index contributed by atoms with van der Waals surface area (Å²) in [4.78, 5) is 10.3. The molecule has 0 spiro atoms. The minimum Gasteiger partial charge on any atom is -0.439 e. The van der Waals surface area contributed by atoms with Crippen LogP contribution in [-0.4, -0.2) is 32.5 Å². The summed E-state index contributed by atoms with van der Waals surface area (Å²) in [7, 11) is 0.0879. The van der Waals surface area contributed by atoms with Gasteiger partial charge in [0.15, 0.2) is 0 Å². The summed E-state index contributed by atoms with van der Waals surface area (Å²) < 4.78 is 27.8. The molecule has 1 aromatic carbocycles. The summed E-state index contributed by atoms with van der Waals surface area (Å²) in [6, 6.07) is 8.24. The number of nitrogens with zero attached hydrogens (tertiary/aromatic N) is 3. The van der Waals surface area contributed by atoms with Crippen LogP contribution in [0.5, 0.6) is 11.6 Å². The van der Waals surface area contributed by atoms with Gasteiger partial charge < -0.3 is 15.4 Å². The van der Waals surface area contributed by atoms with Crippen molar-refractivity contribution in [3.05, 3.63) is 41.6 Å². The number of sulfonamides is 1. The summed E-state index contributed by atoms with van der Waals surface area (Å²) in [5, 5.41) is 5.01. The minimum atomic E-state index is -3.55. The molecule has 0 aliphatic heterocycles. The summed E-state index contributed by atoms with van der Waals surface area (Å²) >= 11 is 0. The van der Waals surface area contributed by atoms with Gasteiger partial charge in [-0.3, -0.25) is 0 Å². The van der Waals surface area contributed by atoms with Gasteiger partial charge >= 0.3 is 0 Å². The number of ether oxygens (including phenoxy) is 1. The predicted molar refractivity (Wildman–Crippen MR) is 87.6 cm³/mol. The molecule has 23 heavy (non-hydrogen) atoms. The van der Waals surface area contributed by atoms with Crippen LogP contribution in [-0.2, 0) is 22.3 Å². The molecule has 0 bridgehead atoms. The number of rotatable bonds is 6. The van der Waals surface area contributed by atoms with Gasteiger partial charge in [0.2, 0.25) is 21.9 Å². The second kappa shape index (κ2) is 6.90. The molecule has 1 aromatic heterocycles. The summed E-state index contributed by atoms with van der Waals surface area (Å²) in [5.74, 6) is 1.16. The number of anilines is 1. The van der Waals surface area contributed by atoms with Crippen LogP contribution in [0.1, 0.15) is 11.3 Å². The van der Waals surface area contributed by atoms with E-state index in [0.717, 1.165) is 0 Å². The maximum atomic E-state index is 11.1. The van der Waals surface area contributed by atoms with E-state index in [0.29, 0.717) is 28.8 Å². The van der Waals surface area contributed by atoms with Crippen LogP contribution in [0.2, 0.25) is 0 Å². The van der Waals surface area contributed by atoms with Gasteiger partial charge in [-0.05, 0) is 17.7 Å². The predicted octanol–water partition coefficient (Wildman–Crippen LogP) is 0.582. The van der Waals surface area contributed by atoms with E-state index >= 15 is 0 Å². The normalized spacial score (nSPS) is 11.3. The Morgan fingerprint density at radius 2 is 1.83 bits per heavy atom. The number of primary sulfonamides is 1. The zero-order chi connectivity index (χ0) is 17.0. The highest BCUT2D eigenvalue weighted by Gasteiger charge is 2.09. The van der Waals surface area contributed by atoms with Crippen molar-refractivity contribution in [1.82, 2.24) is 9.97 Å². The van der Waals surface area contributed by atoms with Gasteiger partial charge in [0.05, 0.1) is 11.4 Å². The number of nitrogens with two attached hydrogens (primary N) is 2. The van der Waals surface area contributed by atoms with Gasteiger partial charge in [0, 0.05) is 26.7 Å². The van der Waals surface area contributed by atoms with Crippen molar-refractivity contribution in [2.75, 3.05) is 19.0 Å². The fourth-order valence-corrected chi connectivity index (χ4v) is 2.48. The van der Waals surface area contributed by atoms with Gasteiger partial charge in [-0.25, -0.2) is 18.5 Å². The third kappa shape index (κ3) is 5.16. The number of aromatic nitrogens is 2. The topological polar surface area (TPSA) is 124 Å². The van der Waals surface area contributed by atoms with E-state index in [2.05, 4.69) is 9.97 Å². The summed E-state index contributed by atoms with van der Waals surface area (Å²) in [5.41, 5.74) is 6.87. The third-order valence-corrected chi connectivity index (χ3v) is 3.60. The zero-order valence-corrected chi connectivity index (χ0v) is 13.7. The van der Waals surface area contributed by atoms with Crippen LogP contribution in [0.25, 0.3) is 0 Å². The van der Waals surface area contributed by atoms with Gasteiger partial charge in [0.1, 0.15) is 5.75 Å². The first kappa shape index (κ1) is 17.1. The van der Waals surface area contributed by atoms with Crippen molar-refractivity contribution in [1.29, 1.82) is 0 Å². The van der Waals surface area contributed by atoms with Crippen LogP contribution in [0.4, 0.5) is 5.95 Å². The van der Waals surface area contributed by atoms with Gasteiger partial charge in [-0.2, -0.15) is 4.98 Å². The van der Waals surface area contributed by atoms with Crippen molar-refractivity contribution in [3.8, 4) is 11.6 Å². The highest BCUT2D eigenvalue weighted by molar-refractivity contribution is 7.88. The number of hydrogen-bond donors (Lipinski definition) is 2. The molecule has 2 aromatic rings. The molecule has 1 heterocycles. The molecular formula is C14H19N5O3S. The molecular weight excluding hydrogens is 318 g/mol. The molecule has 0 saturated carbocycles. The van der Waals surface area contributed by atoms with Crippen LogP contribution in [0.3, 0.4) is 0 Å². The van der Waals surface area contributed by atoms with Gasteiger partial charge in [-0.1, -0.05) is 12.1 Å². The molecule has 2 rings (SSSR count). The largest absolute Gasteiger partial charge is 0.439 e. The smallest absolute Gasteiger partial charge is 0.228 e. The van der Waals surface area contributed by atoms with Crippen molar-refractivity contribution in [3.63, 3.8) is 0 Å². The van der Waals surface area contributed by atoms with Crippen LogP contribution < -0.4 is 20.5 Å². The molecule has 8 nitrogen and oxygen atoms in total. The maximum Gasteiger partial charge on any atom is 0.228 e. The standard InChI is InChI=1S/C14H19N5O3S/c1-19(2)14-17-11(8-15)7-13(18-14)22-12-5-3-10(4-6-12)9-23(16,20)21/h3-7H,8-9,15H2,1-2H3,(H2,16,20,21). The van der Waals surface area contributed by atoms with Crippen LogP contribution in [0, 0.1) is 0 Å². The Labute approximate surface area is 135 Å². The lowest BCUT2D eigenvalue weighted by Gasteiger charge is -2.13. The number of benzene rings is 1. The Bertz CT molecular complexity index is 775. The fourth-order valence-electron chi connectivity index (χ4n) is 1.82. The number of hydrogen-bond acceptors (Lipinski definition) is 7. The van der Waals surface area contributed by atoms with Crippen molar-refractivity contribution < 1.29 is 13.2 Å².